The number of H-pyrrole nitrogens is 1. The lowest BCUT2D eigenvalue weighted by Crippen LogP contribution is -2.32. The Bertz CT molecular complexity index is 1560. The van der Waals surface area contributed by atoms with Gasteiger partial charge in [0, 0.05) is 34.1 Å². The third kappa shape index (κ3) is 7.42. The van der Waals surface area contributed by atoms with Crippen LogP contribution < -0.4 is 10.1 Å². The van der Waals surface area contributed by atoms with Crippen molar-refractivity contribution >= 4 is 29.2 Å². The number of unbranched alkanes of at least 4 members (excludes halogenated alkanes) is 3. The monoisotopic (exact) mass is 608 g/mol. The fourth-order valence-electron chi connectivity index (χ4n) is 5.03. The van der Waals surface area contributed by atoms with Crippen molar-refractivity contribution in [3.05, 3.63) is 98.0 Å². The maximum Gasteiger partial charge on any atom is 0.336 e. The molecule has 2 aromatic carbocycles. The summed E-state index contributed by atoms with van der Waals surface area (Å²) in [6.07, 6.45) is 4.74. The molecule has 3 aromatic rings. The number of hydrogen-bond donors (Lipinski definition) is 2. The van der Waals surface area contributed by atoms with Gasteiger partial charge in [0.1, 0.15) is 0 Å². The largest absolute Gasteiger partial charge is 0.478 e. The zero-order chi connectivity index (χ0) is 30.9. The summed E-state index contributed by atoms with van der Waals surface area (Å²) in [6, 6.07) is 13.3. The maximum atomic E-state index is 13.3. The minimum Gasteiger partial charge on any atom is -0.478 e. The molecule has 0 radical (unpaired) electrons. The number of methoxy groups -OCH3 is 1. The fraction of sp³-hybridized carbons (Fsp3) is 0.323. The van der Waals surface area contributed by atoms with E-state index in [-0.39, 0.29) is 23.4 Å². The highest BCUT2D eigenvalue weighted by Gasteiger charge is 2.38. The van der Waals surface area contributed by atoms with Gasteiger partial charge < -0.3 is 19.5 Å². The number of nitro benzene ring substituents is 1. The molecular formula is C31H33ClN4O7. The predicted molar refractivity (Wildman–Crippen MR) is 160 cm³/mol. The van der Waals surface area contributed by atoms with Crippen molar-refractivity contribution in [2.24, 2.45) is 0 Å². The van der Waals surface area contributed by atoms with Gasteiger partial charge in [0.2, 0.25) is 5.88 Å². The number of carbonyl (C=O) groups is 2. The Morgan fingerprint density at radius 1 is 0.953 bits per heavy atom. The first-order chi connectivity index (χ1) is 20.7. The number of dihydropyridines is 1. The van der Waals surface area contributed by atoms with E-state index in [2.05, 4.69) is 15.5 Å². The molecule has 0 bridgehead atoms. The molecule has 0 fully saturated rings. The van der Waals surface area contributed by atoms with E-state index in [1.54, 1.807) is 26.1 Å². The number of carbonyl (C=O) groups excluding carboxylic acids is 2. The fourth-order valence-corrected chi connectivity index (χ4v) is 5.26. The van der Waals surface area contributed by atoms with E-state index < -0.39 is 22.8 Å². The SMILES string of the molecule is COC(=O)C1=C(C)NC(C)=C(C(=O)OCCCCCCOc2[nH]ncc2-c2ccccc2Cl)C1c1cccc([N+](=O)[O-])c1. The first-order valence-electron chi connectivity index (χ1n) is 13.8. The first kappa shape index (κ1) is 31.3. The van der Waals surface area contributed by atoms with E-state index in [0.29, 0.717) is 40.9 Å². The Kier molecular flexibility index (Phi) is 10.6. The molecule has 1 atom stereocenters. The molecule has 0 saturated heterocycles. The zero-order valence-corrected chi connectivity index (χ0v) is 24.9. The lowest BCUT2D eigenvalue weighted by atomic mass is 9.80. The summed E-state index contributed by atoms with van der Waals surface area (Å²) in [4.78, 5) is 37.0. The van der Waals surface area contributed by atoms with Gasteiger partial charge in [-0.15, -0.1) is 0 Å². The van der Waals surface area contributed by atoms with Gasteiger partial charge in [0.25, 0.3) is 5.69 Å². The number of ether oxygens (including phenoxy) is 3. The van der Waals surface area contributed by atoms with Crippen LogP contribution in [-0.4, -0.2) is 47.4 Å². The van der Waals surface area contributed by atoms with Crippen molar-refractivity contribution in [1.29, 1.82) is 0 Å². The molecule has 1 aliphatic heterocycles. The predicted octanol–water partition coefficient (Wildman–Crippen LogP) is 6.23. The third-order valence-electron chi connectivity index (χ3n) is 7.09. The van der Waals surface area contributed by atoms with E-state index in [1.807, 2.05) is 24.3 Å². The molecule has 11 nitrogen and oxygen atoms in total. The Hall–Kier alpha value is -4.64. The molecule has 1 aromatic heterocycles. The summed E-state index contributed by atoms with van der Waals surface area (Å²) < 4.78 is 16.5. The minimum atomic E-state index is -0.892. The Morgan fingerprint density at radius 2 is 1.65 bits per heavy atom. The van der Waals surface area contributed by atoms with Crippen molar-refractivity contribution in [3.63, 3.8) is 0 Å². The molecule has 1 aliphatic rings. The molecule has 1 unspecified atom stereocenters. The molecule has 12 heteroatoms. The second kappa shape index (κ2) is 14.5. The number of nitrogens with zero attached hydrogens (tertiary/aromatic N) is 2. The number of aromatic amines is 1. The van der Waals surface area contributed by atoms with Crippen LogP contribution >= 0.6 is 11.6 Å². The van der Waals surface area contributed by atoms with Crippen molar-refractivity contribution in [2.75, 3.05) is 20.3 Å². The zero-order valence-electron chi connectivity index (χ0n) is 24.1. The van der Waals surface area contributed by atoms with Crippen molar-refractivity contribution in [2.45, 2.75) is 45.4 Å². The number of non-ortho nitro benzene ring substituents is 1. The number of allylic oxidation sites excluding steroid dienone is 2. The van der Waals surface area contributed by atoms with E-state index in [1.165, 1.54) is 25.3 Å². The summed E-state index contributed by atoms with van der Waals surface area (Å²) in [5, 5.41) is 22.1. The normalized spacial score (nSPS) is 14.7. The Morgan fingerprint density at radius 3 is 2.35 bits per heavy atom. The molecule has 0 aliphatic carbocycles. The number of esters is 2. The standard InChI is InChI=1S/C31H33ClN4O7/c1-19-26(30(37)41-3)28(21-11-10-12-22(17-21)36(39)40)27(20(2)34-19)31(38)43-16-9-5-4-8-15-42-29-24(18-33-35-29)23-13-6-7-14-25(23)32/h6-7,10-14,17-18,28,34H,4-5,8-9,15-16H2,1-3H3,(H,33,35). The number of nitro groups is 1. The van der Waals surface area contributed by atoms with Crippen LogP contribution in [0.5, 0.6) is 5.88 Å². The summed E-state index contributed by atoms with van der Waals surface area (Å²) >= 11 is 6.30. The number of rotatable bonds is 13. The van der Waals surface area contributed by atoms with Gasteiger partial charge in [0.05, 0.1) is 54.1 Å². The van der Waals surface area contributed by atoms with Gasteiger partial charge in [-0.2, -0.15) is 5.10 Å². The van der Waals surface area contributed by atoms with Crippen molar-refractivity contribution in [1.82, 2.24) is 15.5 Å². The molecule has 2 heterocycles. The summed E-state index contributed by atoms with van der Waals surface area (Å²) in [7, 11) is 1.24. The first-order valence-corrected chi connectivity index (χ1v) is 14.2. The smallest absolute Gasteiger partial charge is 0.336 e. The van der Waals surface area contributed by atoms with E-state index in [4.69, 9.17) is 25.8 Å². The summed E-state index contributed by atoms with van der Waals surface area (Å²) in [5.74, 6) is -1.59. The van der Waals surface area contributed by atoms with Crippen LogP contribution in [0.4, 0.5) is 5.69 Å². The lowest BCUT2D eigenvalue weighted by Gasteiger charge is -2.30. The topological polar surface area (TPSA) is 146 Å². The van der Waals surface area contributed by atoms with E-state index in [9.17, 15) is 19.7 Å². The number of hydrogen-bond acceptors (Lipinski definition) is 9. The molecule has 2 N–H and O–H groups in total. The minimum absolute atomic E-state index is 0.153. The van der Waals surface area contributed by atoms with Crippen molar-refractivity contribution < 1.29 is 28.7 Å². The molecule has 43 heavy (non-hydrogen) atoms. The number of benzene rings is 2. The number of aromatic nitrogens is 2. The summed E-state index contributed by atoms with van der Waals surface area (Å²) in [6.45, 7) is 4.04. The van der Waals surface area contributed by atoms with Crippen LogP contribution in [0, 0.1) is 10.1 Å². The third-order valence-corrected chi connectivity index (χ3v) is 7.42. The highest BCUT2D eigenvalue weighted by atomic mass is 35.5. The maximum absolute atomic E-state index is 13.3. The molecule has 0 spiro atoms. The quantitative estimate of drug-likeness (QED) is 0.0997. The number of nitrogens with one attached hydrogen (secondary N) is 2. The van der Waals surface area contributed by atoms with Gasteiger partial charge in [-0.1, -0.05) is 41.9 Å². The van der Waals surface area contributed by atoms with Crippen molar-refractivity contribution in [3.8, 4) is 17.0 Å². The van der Waals surface area contributed by atoms with Gasteiger partial charge in [-0.05, 0) is 51.2 Å². The molecule has 0 amide bonds. The van der Waals surface area contributed by atoms with Crippen LogP contribution in [0.25, 0.3) is 11.1 Å². The Balaban J connectivity index is 1.32. The van der Waals surface area contributed by atoms with Crippen LogP contribution in [0.15, 0.2) is 77.3 Å². The average molecular weight is 609 g/mol. The van der Waals surface area contributed by atoms with E-state index >= 15 is 0 Å². The van der Waals surface area contributed by atoms with Crippen LogP contribution in [0.3, 0.4) is 0 Å². The van der Waals surface area contributed by atoms with Crippen LogP contribution in [-0.2, 0) is 19.1 Å². The van der Waals surface area contributed by atoms with E-state index in [0.717, 1.165) is 30.4 Å². The van der Waals surface area contributed by atoms with Crippen LogP contribution in [0.2, 0.25) is 5.02 Å². The Labute approximate surface area is 254 Å². The highest BCUT2D eigenvalue weighted by Crippen LogP contribution is 2.40. The molecule has 0 saturated carbocycles. The molecular weight excluding hydrogens is 576 g/mol. The summed E-state index contributed by atoms with van der Waals surface area (Å²) in [5.41, 5.74) is 3.28. The average Bonchev–Trinajstić information content (AvgIpc) is 3.46. The van der Waals surface area contributed by atoms with Gasteiger partial charge >= 0.3 is 11.9 Å². The lowest BCUT2D eigenvalue weighted by molar-refractivity contribution is -0.384. The van der Waals surface area contributed by atoms with Gasteiger partial charge in [-0.25, -0.2) is 14.7 Å². The van der Waals surface area contributed by atoms with Gasteiger partial charge in [0.15, 0.2) is 0 Å². The second-order valence-electron chi connectivity index (χ2n) is 9.97. The van der Waals surface area contributed by atoms with Gasteiger partial charge in [-0.3, -0.25) is 10.1 Å². The van der Waals surface area contributed by atoms with Crippen LogP contribution in [0.1, 0.15) is 51.0 Å². The molecule has 226 valence electrons. The number of halogens is 1. The second-order valence-corrected chi connectivity index (χ2v) is 10.4. The highest BCUT2D eigenvalue weighted by molar-refractivity contribution is 6.33. The molecule has 4 rings (SSSR count).